The van der Waals surface area contributed by atoms with Gasteiger partial charge in [0, 0.05) is 17.6 Å². The minimum atomic E-state index is -0.493. The Morgan fingerprint density at radius 2 is 2.17 bits per heavy atom. The van der Waals surface area contributed by atoms with E-state index in [1.54, 1.807) is 18.3 Å². The maximum absolute atomic E-state index is 12.4. The van der Waals surface area contributed by atoms with Crippen molar-refractivity contribution >= 4 is 23.4 Å². The summed E-state index contributed by atoms with van der Waals surface area (Å²) in [6, 6.07) is 11.9. The van der Waals surface area contributed by atoms with Gasteiger partial charge >= 0.3 is 0 Å². The number of carbonyl (C=O) groups excluding carboxylic acids is 2. The summed E-state index contributed by atoms with van der Waals surface area (Å²) in [4.78, 5) is 28.1. The largest absolute Gasteiger partial charge is 0.344 e. The van der Waals surface area contributed by atoms with Gasteiger partial charge in [-0.1, -0.05) is 29.8 Å². The van der Waals surface area contributed by atoms with E-state index < -0.39 is 12.1 Å². The Labute approximate surface area is 139 Å². The van der Waals surface area contributed by atoms with Crippen LogP contribution in [0.5, 0.6) is 0 Å². The Kier molecular flexibility index (Phi) is 4.57. The quantitative estimate of drug-likeness (QED) is 0.903. The second kappa shape index (κ2) is 6.79. The first-order valence-electron chi connectivity index (χ1n) is 7.39. The molecular weight excluding hydrogens is 314 g/mol. The van der Waals surface area contributed by atoms with Crippen LogP contribution in [0.25, 0.3) is 0 Å². The lowest BCUT2D eigenvalue weighted by molar-refractivity contribution is -0.126. The van der Waals surface area contributed by atoms with E-state index in [0.29, 0.717) is 23.6 Å². The summed E-state index contributed by atoms with van der Waals surface area (Å²) in [6.07, 6.45) is 2.56. The predicted octanol–water partition coefficient (Wildman–Crippen LogP) is 2.22. The van der Waals surface area contributed by atoms with Crippen LogP contribution in [0.3, 0.4) is 0 Å². The fraction of sp³-hybridized carbons (Fsp3) is 0.235. The maximum atomic E-state index is 12.4. The van der Waals surface area contributed by atoms with Crippen LogP contribution in [0.4, 0.5) is 0 Å². The van der Waals surface area contributed by atoms with Gasteiger partial charge in [-0.2, -0.15) is 0 Å². The fourth-order valence-corrected chi connectivity index (χ4v) is 2.81. The summed E-state index contributed by atoms with van der Waals surface area (Å²) in [5, 5.41) is 6.23. The van der Waals surface area contributed by atoms with Gasteiger partial charge in [0.15, 0.2) is 0 Å². The van der Waals surface area contributed by atoms with Crippen molar-refractivity contribution in [1.82, 2.24) is 15.6 Å². The van der Waals surface area contributed by atoms with Gasteiger partial charge in [-0.3, -0.25) is 14.6 Å². The number of pyridine rings is 1. The minimum Gasteiger partial charge on any atom is -0.344 e. The van der Waals surface area contributed by atoms with E-state index in [-0.39, 0.29) is 11.8 Å². The number of hydrogen-bond donors (Lipinski definition) is 2. The molecule has 5 nitrogen and oxygen atoms in total. The van der Waals surface area contributed by atoms with Gasteiger partial charge < -0.3 is 10.6 Å². The van der Waals surface area contributed by atoms with Crippen LogP contribution in [0.15, 0.2) is 48.7 Å². The Morgan fingerprint density at radius 1 is 1.30 bits per heavy atom. The molecule has 1 aliphatic heterocycles. The number of rotatable bonds is 4. The van der Waals surface area contributed by atoms with Crippen molar-refractivity contribution in [2.45, 2.75) is 24.9 Å². The SMILES string of the molecule is O=C1CC[C@H](C(=O)NC(c2cccc(Cl)c2)c2ccccn2)N1. The number of nitrogens with zero attached hydrogens (tertiary/aromatic N) is 1. The molecule has 0 saturated carbocycles. The Balaban J connectivity index is 1.87. The third-order valence-electron chi connectivity index (χ3n) is 3.76. The highest BCUT2D eigenvalue weighted by atomic mass is 35.5. The number of carbonyl (C=O) groups is 2. The first-order chi connectivity index (χ1) is 11.1. The number of aromatic nitrogens is 1. The summed E-state index contributed by atoms with van der Waals surface area (Å²) in [5.41, 5.74) is 1.56. The molecule has 1 unspecified atom stereocenters. The van der Waals surface area contributed by atoms with Gasteiger partial charge in [0.1, 0.15) is 6.04 Å². The zero-order valence-electron chi connectivity index (χ0n) is 12.3. The highest BCUT2D eigenvalue weighted by Gasteiger charge is 2.29. The van der Waals surface area contributed by atoms with Crippen LogP contribution in [0.2, 0.25) is 5.02 Å². The number of nitrogens with one attached hydrogen (secondary N) is 2. The Morgan fingerprint density at radius 3 is 2.83 bits per heavy atom. The topological polar surface area (TPSA) is 71.1 Å². The molecular formula is C17H16ClN3O2. The molecule has 0 spiro atoms. The van der Waals surface area contributed by atoms with Crippen LogP contribution in [-0.2, 0) is 9.59 Å². The number of amides is 2. The highest BCUT2D eigenvalue weighted by molar-refractivity contribution is 6.30. The van der Waals surface area contributed by atoms with Gasteiger partial charge in [0.2, 0.25) is 11.8 Å². The predicted molar refractivity (Wildman–Crippen MR) is 86.8 cm³/mol. The number of halogens is 1. The molecule has 23 heavy (non-hydrogen) atoms. The zero-order chi connectivity index (χ0) is 16.2. The summed E-state index contributed by atoms with van der Waals surface area (Å²) < 4.78 is 0. The monoisotopic (exact) mass is 329 g/mol. The van der Waals surface area contributed by atoms with E-state index in [0.717, 1.165) is 5.56 Å². The third-order valence-corrected chi connectivity index (χ3v) is 4.00. The lowest BCUT2D eigenvalue weighted by atomic mass is 10.0. The molecule has 1 aromatic carbocycles. The van der Waals surface area contributed by atoms with E-state index in [1.165, 1.54) is 0 Å². The van der Waals surface area contributed by atoms with Gasteiger partial charge in [-0.25, -0.2) is 0 Å². The van der Waals surface area contributed by atoms with Gasteiger partial charge in [0.25, 0.3) is 0 Å². The molecule has 1 aliphatic rings. The first kappa shape index (κ1) is 15.5. The Hall–Kier alpha value is -2.40. The first-order valence-corrected chi connectivity index (χ1v) is 7.77. The molecule has 2 N–H and O–H groups in total. The van der Waals surface area contributed by atoms with Crippen LogP contribution in [0.1, 0.15) is 30.1 Å². The van der Waals surface area contributed by atoms with Gasteiger partial charge in [-0.05, 0) is 36.2 Å². The van der Waals surface area contributed by atoms with Crippen molar-refractivity contribution in [1.29, 1.82) is 0 Å². The smallest absolute Gasteiger partial charge is 0.243 e. The standard InChI is InChI=1S/C17H16ClN3O2/c18-12-5-3-4-11(10-12)16(13-6-1-2-9-19-13)21-17(23)14-7-8-15(22)20-14/h1-6,9-10,14,16H,7-8H2,(H,20,22)(H,21,23)/t14-,16?/m1/s1. The van der Waals surface area contributed by atoms with E-state index in [1.807, 2.05) is 30.3 Å². The molecule has 1 saturated heterocycles. The van der Waals surface area contributed by atoms with Crippen LogP contribution >= 0.6 is 11.6 Å². The zero-order valence-corrected chi connectivity index (χ0v) is 13.1. The van der Waals surface area contributed by atoms with E-state index in [4.69, 9.17) is 11.6 Å². The van der Waals surface area contributed by atoms with Crippen molar-refractivity contribution < 1.29 is 9.59 Å². The number of hydrogen-bond acceptors (Lipinski definition) is 3. The van der Waals surface area contributed by atoms with Gasteiger partial charge in [-0.15, -0.1) is 0 Å². The lowest BCUT2D eigenvalue weighted by Gasteiger charge is -2.21. The maximum Gasteiger partial charge on any atom is 0.243 e. The third kappa shape index (κ3) is 3.68. The molecule has 1 aromatic heterocycles. The normalized spacial score (nSPS) is 18.3. The average Bonchev–Trinajstić information content (AvgIpc) is 3.00. The summed E-state index contributed by atoms with van der Waals surface area (Å²) in [5.74, 6) is -0.311. The summed E-state index contributed by atoms with van der Waals surface area (Å²) in [7, 11) is 0. The van der Waals surface area contributed by atoms with Crippen LogP contribution < -0.4 is 10.6 Å². The van der Waals surface area contributed by atoms with Crippen molar-refractivity contribution in [3.05, 3.63) is 64.9 Å². The second-order valence-corrected chi connectivity index (χ2v) is 5.85. The molecule has 118 valence electrons. The van der Waals surface area contributed by atoms with Crippen molar-refractivity contribution in [3.63, 3.8) is 0 Å². The molecule has 2 heterocycles. The second-order valence-electron chi connectivity index (χ2n) is 5.41. The van der Waals surface area contributed by atoms with E-state index in [9.17, 15) is 9.59 Å². The summed E-state index contributed by atoms with van der Waals surface area (Å²) in [6.45, 7) is 0. The molecule has 1 fully saturated rings. The fourth-order valence-electron chi connectivity index (χ4n) is 2.61. The van der Waals surface area contributed by atoms with Crippen LogP contribution in [-0.4, -0.2) is 22.8 Å². The van der Waals surface area contributed by atoms with Crippen LogP contribution in [0, 0.1) is 0 Å². The van der Waals surface area contributed by atoms with Crippen molar-refractivity contribution in [2.24, 2.45) is 0 Å². The molecule has 0 aliphatic carbocycles. The van der Waals surface area contributed by atoms with Crippen molar-refractivity contribution in [2.75, 3.05) is 0 Å². The van der Waals surface area contributed by atoms with Gasteiger partial charge in [0.05, 0.1) is 11.7 Å². The summed E-state index contributed by atoms with van der Waals surface area (Å²) >= 11 is 6.07. The molecule has 2 atom stereocenters. The van der Waals surface area contributed by atoms with Crippen molar-refractivity contribution in [3.8, 4) is 0 Å². The average molecular weight is 330 g/mol. The highest BCUT2D eigenvalue weighted by Crippen LogP contribution is 2.23. The number of benzene rings is 1. The molecule has 0 radical (unpaired) electrons. The lowest BCUT2D eigenvalue weighted by Crippen LogP contribution is -2.43. The van der Waals surface area contributed by atoms with E-state index in [2.05, 4.69) is 15.6 Å². The molecule has 2 amide bonds. The minimum absolute atomic E-state index is 0.0951. The molecule has 0 bridgehead atoms. The van der Waals surface area contributed by atoms with E-state index >= 15 is 0 Å². The molecule has 3 rings (SSSR count). The molecule has 2 aromatic rings. The molecule has 6 heteroatoms. The Bertz CT molecular complexity index is 721.